The first-order valence-corrected chi connectivity index (χ1v) is 9.17. The SMILES string of the molecule is O=C(Nc1ccccc1-c1nc2ccccc2s1)c1cccc(C(F)(F)F)c1. The van der Waals surface area contributed by atoms with Gasteiger partial charge >= 0.3 is 6.18 Å². The molecular weight excluding hydrogens is 385 g/mol. The molecule has 4 aromatic rings. The molecule has 7 heteroatoms. The standard InChI is InChI=1S/C21H13F3N2OS/c22-21(23,24)14-7-5-6-13(12-14)19(27)25-16-9-2-1-8-15(16)20-26-17-10-3-4-11-18(17)28-20/h1-12H,(H,25,27). The summed E-state index contributed by atoms with van der Waals surface area (Å²) in [4.78, 5) is 17.1. The summed E-state index contributed by atoms with van der Waals surface area (Å²) in [6.45, 7) is 0. The van der Waals surface area contributed by atoms with Gasteiger partial charge in [0.2, 0.25) is 0 Å². The number of fused-ring (bicyclic) bond motifs is 1. The molecule has 0 saturated carbocycles. The minimum atomic E-state index is -4.50. The van der Waals surface area contributed by atoms with Crippen molar-refractivity contribution >= 4 is 33.1 Å². The van der Waals surface area contributed by atoms with E-state index in [9.17, 15) is 18.0 Å². The predicted octanol–water partition coefficient (Wildman–Crippen LogP) is 6.23. The summed E-state index contributed by atoms with van der Waals surface area (Å²) in [6.07, 6.45) is -4.50. The van der Waals surface area contributed by atoms with E-state index in [1.165, 1.54) is 23.5 Å². The lowest BCUT2D eigenvalue weighted by Gasteiger charge is -2.11. The third kappa shape index (κ3) is 3.61. The molecule has 0 radical (unpaired) electrons. The van der Waals surface area contributed by atoms with Crippen LogP contribution in [0.25, 0.3) is 20.8 Å². The van der Waals surface area contributed by atoms with E-state index in [0.29, 0.717) is 11.3 Å². The zero-order valence-electron chi connectivity index (χ0n) is 14.3. The van der Waals surface area contributed by atoms with E-state index in [-0.39, 0.29) is 5.56 Å². The van der Waals surface area contributed by atoms with E-state index < -0.39 is 17.6 Å². The minimum absolute atomic E-state index is 0.0612. The van der Waals surface area contributed by atoms with Gasteiger partial charge in [0.05, 0.1) is 21.5 Å². The van der Waals surface area contributed by atoms with Crippen LogP contribution in [-0.2, 0) is 6.18 Å². The topological polar surface area (TPSA) is 42.0 Å². The van der Waals surface area contributed by atoms with E-state index in [1.807, 2.05) is 36.4 Å². The number of carbonyl (C=O) groups excluding carboxylic acids is 1. The van der Waals surface area contributed by atoms with Crippen molar-refractivity contribution in [1.82, 2.24) is 4.98 Å². The van der Waals surface area contributed by atoms with Crippen molar-refractivity contribution in [2.45, 2.75) is 6.18 Å². The van der Waals surface area contributed by atoms with Gasteiger partial charge < -0.3 is 5.32 Å². The summed E-state index contributed by atoms with van der Waals surface area (Å²) in [7, 11) is 0. The van der Waals surface area contributed by atoms with E-state index in [2.05, 4.69) is 10.3 Å². The summed E-state index contributed by atoms with van der Waals surface area (Å²) in [6, 6.07) is 19.1. The zero-order chi connectivity index (χ0) is 19.7. The van der Waals surface area contributed by atoms with Crippen LogP contribution in [0.5, 0.6) is 0 Å². The summed E-state index contributed by atoms with van der Waals surface area (Å²) in [5.41, 5.74) is 1.13. The lowest BCUT2D eigenvalue weighted by Crippen LogP contribution is -2.14. The van der Waals surface area contributed by atoms with Crippen LogP contribution in [0.2, 0.25) is 0 Å². The molecule has 3 nitrogen and oxygen atoms in total. The first-order chi connectivity index (χ1) is 13.4. The lowest BCUT2D eigenvalue weighted by atomic mass is 10.1. The van der Waals surface area contributed by atoms with Gasteiger partial charge in [-0.3, -0.25) is 4.79 Å². The number of hydrogen-bond donors (Lipinski definition) is 1. The quantitative estimate of drug-likeness (QED) is 0.444. The van der Waals surface area contributed by atoms with Crippen molar-refractivity contribution in [3.8, 4) is 10.6 Å². The smallest absolute Gasteiger partial charge is 0.321 e. The second-order valence-corrected chi connectivity index (χ2v) is 7.10. The Morgan fingerprint density at radius 3 is 2.46 bits per heavy atom. The van der Waals surface area contributed by atoms with Crippen LogP contribution in [0, 0.1) is 0 Å². The number of benzene rings is 3. The van der Waals surface area contributed by atoms with Gasteiger partial charge in [0.25, 0.3) is 5.91 Å². The second-order valence-electron chi connectivity index (χ2n) is 6.07. The number of nitrogens with zero attached hydrogens (tertiary/aromatic N) is 1. The Kier molecular flexibility index (Phi) is 4.60. The molecule has 0 saturated heterocycles. The van der Waals surface area contributed by atoms with Gasteiger partial charge in [0.1, 0.15) is 5.01 Å². The molecule has 0 spiro atoms. The molecule has 0 aliphatic carbocycles. The number of aromatic nitrogens is 1. The van der Waals surface area contributed by atoms with Gasteiger partial charge in [0, 0.05) is 11.1 Å². The van der Waals surface area contributed by atoms with Crippen LogP contribution in [0.15, 0.2) is 72.8 Å². The van der Waals surface area contributed by atoms with Crippen LogP contribution in [0.4, 0.5) is 18.9 Å². The number of amides is 1. The van der Waals surface area contributed by atoms with Crippen LogP contribution in [0.3, 0.4) is 0 Å². The highest BCUT2D eigenvalue weighted by molar-refractivity contribution is 7.21. The van der Waals surface area contributed by atoms with Gasteiger partial charge in [0.15, 0.2) is 0 Å². The first-order valence-electron chi connectivity index (χ1n) is 8.35. The number of hydrogen-bond acceptors (Lipinski definition) is 3. The molecule has 140 valence electrons. The number of para-hydroxylation sites is 2. The fourth-order valence-corrected chi connectivity index (χ4v) is 3.80. The van der Waals surface area contributed by atoms with Gasteiger partial charge in [-0.05, 0) is 42.5 Å². The number of carbonyl (C=O) groups is 1. The van der Waals surface area contributed by atoms with Crippen molar-refractivity contribution in [3.63, 3.8) is 0 Å². The molecule has 0 bridgehead atoms. The normalized spacial score (nSPS) is 11.5. The fraction of sp³-hybridized carbons (Fsp3) is 0.0476. The third-order valence-electron chi connectivity index (χ3n) is 4.15. The average molecular weight is 398 g/mol. The maximum atomic E-state index is 12.9. The summed E-state index contributed by atoms with van der Waals surface area (Å²) in [5.74, 6) is -0.611. The van der Waals surface area contributed by atoms with Gasteiger partial charge in [-0.25, -0.2) is 4.98 Å². The van der Waals surface area contributed by atoms with E-state index >= 15 is 0 Å². The van der Waals surface area contributed by atoms with E-state index in [0.717, 1.165) is 27.4 Å². The molecule has 1 heterocycles. The summed E-state index contributed by atoms with van der Waals surface area (Å²) >= 11 is 1.48. The number of nitrogens with one attached hydrogen (secondary N) is 1. The first kappa shape index (κ1) is 18.2. The minimum Gasteiger partial charge on any atom is -0.321 e. The van der Waals surface area contributed by atoms with Gasteiger partial charge in [-0.1, -0.05) is 30.3 Å². The summed E-state index contributed by atoms with van der Waals surface area (Å²) in [5, 5.41) is 3.43. The van der Waals surface area contributed by atoms with E-state index in [4.69, 9.17) is 0 Å². The van der Waals surface area contributed by atoms with Gasteiger partial charge in [-0.2, -0.15) is 13.2 Å². The third-order valence-corrected chi connectivity index (χ3v) is 5.22. The number of anilines is 1. The Hall–Kier alpha value is -3.19. The van der Waals surface area contributed by atoms with Crippen molar-refractivity contribution in [2.75, 3.05) is 5.32 Å². The Labute approximate surface area is 162 Å². The summed E-state index contributed by atoms with van der Waals surface area (Å²) < 4.78 is 39.7. The monoisotopic (exact) mass is 398 g/mol. The fourth-order valence-electron chi connectivity index (χ4n) is 2.80. The van der Waals surface area contributed by atoms with Crippen molar-refractivity contribution in [3.05, 3.63) is 83.9 Å². The Morgan fingerprint density at radius 1 is 0.929 bits per heavy atom. The van der Waals surface area contributed by atoms with Crippen molar-refractivity contribution in [1.29, 1.82) is 0 Å². The molecule has 0 fully saturated rings. The highest BCUT2D eigenvalue weighted by Gasteiger charge is 2.31. The number of thiazole rings is 1. The molecule has 1 amide bonds. The molecule has 3 aromatic carbocycles. The van der Waals surface area contributed by atoms with Crippen LogP contribution < -0.4 is 5.32 Å². The average Bonchev–Trinajstić information content (AvgIpc) is 3.12. The number of halogens is 3. The Bertz CT molecular complexity index is 1130. The highest BCUT2D eigenvalue weighted by atomic mass is 32.1. The Balaban J connectivity index is 1.67. The maximum Gasteiger partial charge on any atom is 0.416 e. The zero-order valence-corrected chi connectivity index (χ0v) is 15.1. The maximum absolute atomic E-state index is 12.9. The molecule has 1 N–H and O–H groups in total. The highest BCUT2D eigenvalue weighted by Crippen LogP contribution is 2.35. The predicted molar refractivity (Wildman–Crippen MR) is 104 cm³/mol. The largest absolute Gasteiger partial charge is 0.416 e. The van der Waals surface area contributed by atoms with E-state index in [1.54, 1.807) is 12.1 Å². The molecule has 0 aliphatic rings. The van der Waals surface area contributed by atoms with Crippen LogP contribution >= 0.6 is 11.3 Å². The lowest BCUT2D eigenvalue weighted by molar-refractivity contribution is -0.137. The molecule has 0 unspecified atom stereocenters. The van der Waals surface area contributed by atoms with Crippen LogP contribution in [-0.4, -0.2) is 10.9 Å². The molecular formula is C21H13F3N2OS. The molecule has 1 aromatic heterocycles. The number of alkyl halides is 3. The second kappa shape index (κ2) is 7.09. The number of rotatable bonds is 3. The van der Waals surface area contributed by atoms with Gasteiger partial charge in [-0.15, -0.1) is 11.3 Å². The van der Waals surface area contributed by atoms with Crippen molar-refractivity contribution < 1.29 is 18.0 Å². The molecule has 4 rings (SSSR count). The van der Waals surface area contributed by atoms with Crippen LogP contribution in [0.1, 0.15) is 15.9 Å². The Morgan fingerprint density at radius 2 is 1.68 bits per heavy atom. The molecule has 0 atom stereocenters. The molecule has 28 heavy (non-hydrogen) atoms. The van der Waals surface area contributed by atoms with Crippen molar-refractivity contribution in [2.24, 2.45) is 0 Å². The molecule has 0 aliphatic heterocycles.